The molecule has 1 aliphatic carbocycles. The van der Waals surface area contributed by atoms with Gasteiger partial charge in [0, 0.05) is 43.6 Å². The SMILES string of the molecule is O=C(COC1CC[C@@H](Nc2ccc(N(O)O)c(C(F)(F)F)c2)C1)N1CCN(c2ccccc2)CC1. The van der Waals surface area contributed by atoms with E-state index in [1.807, 2.05) is 18.2 Å². The zero-order valence-electron chi connectivity index (χ0n) is 19.1. The minimum atomic E-state index is -4.75. The Hall–Kier alpha value is -3.02. The zero-order chi connectivity index (χ0) is 25.0. The van der Waals surface area contributed by atoms with Crippen molar-refractivity contribution in [2.45, 2.75) is 37.6 Å². The molecule has 2 aromatic carbocycles. The van der Waals surface area contributed by atoms with Gasteiger partial charge in [-0.25, -0.2) is 0 Å². The number of amides is 1. The van der Waals surface area contributed by atoms with Crippen LogP contribution in [0.1, 0.15) is 24.8 Å². The minimum Gasteiger partial charge on any atom is -0.382 e. The molecule has 11 heteroatoms. The third-order valence-corrected chi connectivity index (χ3v) is 6.47. The first-order chi connectivity index (χ1) is 16.7. The number of para-hydroxylation sites is 1. The molecule has 2 fully saturated rings. The Balaban J connectivity index is 1.23. The van der Waals surface area contributed by atoms with E-state index in [1.54, 1.807) is 4.90 Å². The van der Waals surface area contributed by atoms with Crippen LogP contribution in [0.4, 0.5) is 30.2 Å². The highest BCUT2D eigenvalue weighted by Gasteiger charge is 2.36. The molecule has 0 spiro atoms. The third kappa shape index (κ3) is 6.36. The van der Waals surface area contributed by atoms with Gasteiger partial charge in [-0.15, -0.1) is 5.23 Å². The number of hydrogen-bond donors (Lipinski definition) is 3. The molecule has 8 nitrogen and oxygen atoms in total. The number of halogens is 3. The van der Waals surface area contributed by atoms with Crippen molar-refractivity contribution in [1.29, 1.82) is 0 Å². The zero-order valence-corrected chi connectivity index (χ0v) is 19.1. The lowest BCUT2D eigenvalue weighted by Gasteiger charge is -2.36. The van der Waals surface area contributed by atoms with Crippen LogP contribution in [0.15, 0.2) is 48.5 Å². The van der Waals surface area contributed by atoms with Gasteiger partial charge < -0.3 is 19.9 Å². The van der Waals surface area contributed by atoms with Crippen LogP contribution in [0.25, 0.3) is 0 Å². The van der Waals surface area contributed by atoms with Gasteiger partial charge in [0.2, 0.25) is 5.91 Å². The van der Waals surface area contributed by atoms with Gasteiger partial charge in [-0.3, -0.25) is 15.2 Å². The maximum atomic E-state index is 13.3. The number of rotatable bonds is 7. The fourth-order valence-corrected chi connectivity index (χ4v) is 4.62. The molecule has 35 heavy (non-hydrogen) atoms. The average molecular weight is 495 g/mol. The predicted molar refractivity (Wildman–Crippen MR) is 124 cm³/mol. The van der Waals surface area contributed by atoms with Gasteiger partial charge in [0.15, 0.2) is 0 Å². The molecule has 2 aliphatic rings. The third-order valence-electron chi connectivity index (χ3n) is 6.47. The van der Waals surface area contributed by atoms with Crippen molar-refractivity contribution in [3.05, 3.63) is 54.1 Å². The Bertz CT molecular complexity index is 998. The van der Waals surface area contributed by atoms with Crippen LogP contribution in [0.2, 0.25) is 0 Å². The van der Waals surface area contributed by atoms with E-state index in [9.17, 15) is 18.0 Å². The van der Waals surface area contributed by atoms with E-state index < -0.39 is 22.7 Å². The van der Waals surface area contributed by atoms with E-state index in [4.69, 9.17) is 15.2 Å². The van der Waals surface area contributed by atoms with Gasteiger partial charge in [0.05, 0.1) is 11.7 Å². The van der Waals surface area contributed by atoms with Gasteiger partial charge in [-0.1, -0.05) is 18.2 Å². The molecular formula is C24H29F3N4O4. The summed E-state index contributed by atoms with van der Waals surface area (Å²) in [6.45, 7) is 2.76. The van der Waals surface area contributed by atoms with E-state index in [0.717, 1.165) is 30.9 Å². The van der Waals surface area contributed by atoms with Crippen molar-refractivity contribution >= 4 is 23.0 Å². The molecule has 2 aromatic rings. The number of nitrogens with one attached hydrogen (secondary N) is 1. The molecular weight excluding hydrogens is 465 g/mol. The number of carbonyl (C=O) groups is 1. The first-order valence-electron chi connectivity index (χ1n) is 11.6. The van der Waals surface area contributed by atoms with E-state index in [2.05, 4.69) is 22.3 Å². The summed E-state index contributed by atoms with van der Waals surface area (Å²) in [6, 6.07) is 13.1. The molecule has 1 saturated heterocycles. The molecule has 1 amide bonds. The number of benzene rings is 2. The lowest BCUT2D eigenvalue weighted by molar-refractivity contribution is -0.139. The first-order valence-corrected chi connectivity index (χ1v) is 11.6. The van der Waals surface area contributed by atoms with Gasteiger partial charge in [0.1, 0.15) is 12.3 Å². The first kappa shape index (κ1) is 25.1. The number of alkyl halides is 3. The monoisotopic (exact) mass is 494 g/mol. The minimum absolute atomic E-state index is 0.0154. The van der Waals surface area contributed by atoms with Crippen LogP contribution in [-0.4, -0.2) is 66.2 Å². The molecule has 4 rings (SSSR count). The highest BCUT2D eigenvalue weighted by molar-refractivity contribution is 5.77. The Labute approximate surface area is 201 Å². The summed E-state index contributed by atoms with van der Waals surface area (Å²) in [6.07, 6.45) is -2.97. The second-order valence-electron chi connectivity index (χ2n) is 8.81. The lowest BCUT2D eigenvalue weighted by Crippen LogP contribution is -2.50. The van der Waals surface area contributed by atoms with Crippen LogP contribution in [-0.2, 0) is 15.7 Å². The summed E-state index contributed by atoms with van der Waals surface area (Å²) in [5, 5.41) is 20.6. The van der Waals surface area contributed by atoms with Crippen molar-refractivity contribution in [1.82, 2.24) is 4.90 Å². The number of ether oxygens (including phenoxy) is 1. The van der Waals surface area contributed by atoms with Gasteiger partial charge >= 0.3 is 6.18 Å². The highest BCUT2D eigenvalue weighted by atomic mass is 19.4. The quantitative estimate of drug-likeness (QED) is 0.502. The number of piperazine rings is 1. The van der Waals surface area contributed by atoms with E-state index in [-0.39, 0.29) is 30.3 Å². The van der Waals surface area contributed by atoms with Gasteiger partial charge in [-0.05, 0) is 49.6 Å². The van der Waals surface area contributed by atoms with E-state index >= 15 is 0 Å². The smallest absolute Gasteiger partial charge is 0.382 e. The Morgan fingerprint density at radius 1 is 1.06 bits per heavy atom. The molecule has 190 valence electrons. The maximum absolute atomic E-state index is 13.3. The topological polar surface area (TPSA) is 88.5 Å². The van der Waals surface area contributed by atoms with E-state index in [1.165, 1.54) is 6.07 Å². The van der Waals surface area contributed by atoms with Crippen LogP contribution < -0.4 is 15.4 Å². The molecule has 0 radical (unpaired) electrons. The summed E-state index contributed by atoms with van der Waals surface area (Å²) < 4.78 is 45.6. The predicted octanol–water partition coefficient (Wildman–Crippen LogP) is 3.99. The standard InChI is InChI=1S/C24H29F3N4O4/c25-24(26,27)21-15-18(7-9-22(21)31(33)34)28-17-6-8-20(14-17)35-16-23(32)30-12-10-29(11-13-30)19-4-2-1-3-5-19/h1-5,7,9,15,17,20,28,33-34H,6,8,10-14,16H2/t17-,20?/m1/s1. The molecule has 0 aromatic heterocycles. The van der Waals surface area contributed by atoms with Crippen LogP contribution in [0.3, 0.4) is 0 Å². The van der Waals surface area contributed by atoms with Crippen molar-refractivity contribution < 1.29 is 33.1 Å². The maximum Gasteiger partial charge on any atom is 0.418 e. The summed E-state index contributed by atoms with van der Waals surface area (Å²) in [5.74, 6) is -0.0583. The highest BCUT2D eigenvalue weighted by Crippen LogP contribution is 2.38. The Kier molecular flexibility index (Phi) is 7.68. The molecule has 0 bridgehead atoms. The van der Waals surface area contributed by atoms with Crippen LogP contribution >= 0.6 is 0 Å². The van der Waals surface area contributed by atoms with Crippen molar-refractivity contribution in [2.24, 2.45) is 0 Å². The molecule has 2 atom stereocenters. The molecule has 1 saturated carbocycles. The van der Waals surface area contributed by atoms with Gasteiger partial charge in [-0.2, -0.15) is 13.2 Å². The second-order valence-corrected chi connectivity index (χ2v) is 8.81. The normalized spacial score (nSPS) is 20.7. The summed E-state index contributed by atoms with van der Waals surface area (Å²) in [7, 11) is 0. The summed E-state index contributed by atoms with van der Waals surface area (Å²) >= 11 is 0. The molecule has 1 heterocycles. The van der Waals surface area contributed by atoms with Crippen molar-refractivity contribution in [3.63, 3.8) is 0 Å². The van der Waals surface area contributed by atoms with Gasteiger partial charge in [0.25, 0.3) is 0 Å². The fourth-order valence-electron chi connectivity index (χ4n) is 4.62. The van der Waals surface area contributed by atoms with E-state index in [0.29, 0.717) is 32.4 Å². The lowest BCUT2D eigenvalue weighted by atomic mass is 10.1. The molecule has 1 aliphatic heterocycles. The van der Waals surface area contributed by atoms with Crippen molar-refractivity contribution in [3.8, 4) is 0 Å². The summed E-state index contributed by atoms with van der Waals surface area (Å²) in [4.78, 5) is 16.6. The molecule has 1 unspecified atom stereocenters. The number of anilines is 3. The second kappa shape index (κ2) is 10.7. The number of carbonyl (C=O) groups excluding carboxylic acids is 1. The van der Waals surface area contributed by atoms with Crippen molar-refractivity contribution in [2.75, 3.05) is 48.2 Å². The molecule has 3 N–H and O–H groups in total. The summed E-state index contributed by atoms with van der Waals surface area (Å²) in [5.41, 5.74) is -0.543. The average Bonchev–Trinajstić information content (AvgIpc) is 3.29. The number of nitrogens with zero attached hydrogens (tertiary/aromatic N) is 3. The fraction of sp³-hybridized carbons (Fsp3) is 0.458. The number of hydrogen-bond acceptors (Lipinski definition) is 7. The largest absolute Gasteiger partial charge is 0.418 e. The van der Waals surface area contributed by atoms with Crippen LogP contribution in [0, 0.1) is 0 Å². The van der Waals surface area contributed by atoms with Crippen LogP contribution in [0.5, 0.6) is 0 Å². The Morgan fingerprint density at radius 2 is 1.77 bits per heavy atom. The Morgan fingerprint density at radius 3 is 2.43 bits per heavy atom.